The summed E-state index contributed by atoms with van der Waals surface area (Å²) in [5.41, 5.74) is 2.27. The standard InChI is InChI=1S/C13H15ClN2S/c1-3-15-13(11-4-5-12(14)17-11)10-8-9(2)6-7-16-10/h4-8,13,15H,3H2,1-2H3. The van der Waals surface area contributed by atoms with Gasteiger partial charge in [-0.15, -0.1) is 11.3 Å². The van der Waals surface area contributed by atoms with Gasteiger partial charge in [-0.05, 0) is 43.3 Å². The van der Waals surface area contributed by atoms with Crippen LogP contribution in [-0.2, 0) is 0 Å². The van der Waals surface area contributed by atoms with Gasteiger partial charge in [-0.1, -0.05) is 18.5 Å². The summed E-state index contributed by atoms with van der Waals surface area (Å²) < 4.78 is 0.815. The Balaban J connectivity index is 2.35. The number of aromatic nitrogens is 1. The first-order chi connectivity index (χ1) is 8.20. The lowest BCUT2D eigenvalue weighted by atomic mass is 10.1. The highest BCUT2D eigenvalue weighted by molar-refractivity contribution is 7.16. The maximum absolute atomic E-state index is 5.99. The molecule has 0 bridgehead atoms. The van der Waals surface area contributed by atoms with Gasteiger partial charge in [-0.2, -0.15) is 0 Å². The topological polar surface area (TPSA) is 24.9 Å². The van der Waals surface area contributed by atoms with Gasteiger partial charge in [0.05, 0.1) is 16.1 Å². The lowest BCUT2D eigenvalue weighted by Crippen LogP contribution is -2.22. The van der Waals surface area contributed by atoms with E-state index < -0.39 is 0 Å². The summed E-state index contributed by atoms with van der Waals surface area (Å²) in [5, 5.41) is 3.45. The highest BCUT2D eigenvalue weighted by Crippen LogP contribution is 2.30. The van der Waals surface area contributed by atoms with Crippen LogP contribution in [0.4, 0.5) is 0 Å². The Labute approximate surface area is 111 Å². The Morgan fingerprint density at radius 2 is 2.24 bits per heavy atom. The number of hydrogen-bond acceptors (Lipinski definition) is 3. The Morgan fingerprint density at radius 3 is 2.82 bits per heavy atom. The van der Waals surface area contributed by atoms with Crippen molar-refractivity contribution in [1.82, 2.24) is 10.3 Å². The summed E-state index contributed by atoms with van der Waals surface area (Å²) >= 11 is 7.59. The molecule has 0 saturated heterocycles. The number of rotatable bonds is 4. The number of nitrogens with zero attached hydrogens (tertiary/aromatic N) is 1. The first-order valence-electron chi connectivity index (χ1n) is 5.62. The van der Waals surface area contributed by atoms with E-state index in [4.69, 9.17) is 11.6 Å². The first-order valence-corrected chi connectivity index (χ1v) is 6.81. The Bertz CT molecular complexity index is 496. The van der Waals surface area contributed by atoms with Gasteiger partial charge < -0.3 is 5.32 Å². The van der Waals surface area contributed by atoms with Crippen molar-refractivity contribution in [3.05, 3.63) is 50.9 Å². The van der Waals surface area contributed by atoms with Crippen molar-refractivity contribution in [2.24, 2.45) is 0 Å². The lowest BCUT2D eigenvalue weighted by Gasteiger charge is -2.16. The molecule has 0 aliphatic rings. The van der Waals surface area contributed by atoms with Crippen LogP contribution in [0.15, 0.2) is 30.5 Å². The van der Waals surface area contributed by atoms with Gasteiger partial charge in [0.25, 0.3) is 0 Å². The fourth-order valence-electron chi connectivity index (χ4n) is 1.76. The number of nitrogens with one attached hydrogen (secondary N) is 1. The number of hydrogen-bond donors (Lipinski definition) is 1. The molecule has 0 radical (unpaired) electrons. The van der Waals surface area contributed by atoms with Crippen molar-refractivity contribution in [2.45, 2.75) is 19.9 Å². The number of pyridine rings is 1. The summed E-state index contributed by atoms with van der Waals surface area (Å²) in [7, 11) is 0. The highest BCUT2D eigenvalue weighted by Gasteiger charge is 2.16. The predicted octanol–water partition coefficient (Wildman–Crippen LogP) is 3.80. The molecule has 2 rings (SSSR count). The lowest BCUT2D eigenvalue weighted by molar-refractivity contribution is 0.624. The van der Waals surface area contributed by atoms with Crippen molar-refractivity contribution < 1.29 is 0 Å². The van der Waals surface area contributed by atoms with E-state index in [9.17, 15) is 0 Å². The zero-order valence-corrected chi connectivity index (χ0v) is 11.5. The molecule has 4 heteroatoms. The third-order valence-corrected chi connectivity index (χ3v) is 3.82. The molecule has 2 aromatic rings. The predicted molar refractivity (Wildman–Crippen MR) is 73.8 cm³/mol. The fraction of sp³-hybridized carbons (Fsp3) is 0.308. The van der Waals surface area contributed by atoms with Gasteiger partial charge in [0.1, 0.15) is 0 Å². The van der Waals surface area contributed by atoms with Crippen molar-refractivity contribution in [2.75, 3.05) is 6.54 Å². The molecule has 1 N–H and O–H groups in total. The smallest absolute Gasteiger partial charge is 0.0931 e. The molecule has 1 unspecified atom stereocenters. The molecule has 0 saturated carbocycles. The van der Waals surface area contributed by atoms with E-state index in [2.05, 4.69) is 36.3 Å². The zero-order valence-electron chi connectivity index (χ0n) is 9.90. The summed E-state index contributed by atoms with van der Waals surface area (Å²) in [5.74, 6) is 0. The van der Waals surface area contributed by atoms with Crippen LogP contribution in [0.5, 0.6) is 0 Å². The van der Waals surface area contributed by atoms with Crippen molar-refractivity contribution in [3.63, 3.8) is 0 Å². The monoisotopic (exact) mass is 266 g/mol. The molecule has 0 spiro atoms. The number of halogens is 1. The highest BCUT2D eigenvalue weighted by atomic mass is 35.5. The van der Waals surface area contributed by atoms with Crippen LogP contribution in [0.25, 0.3) is 0 Å². The zero-order chi connectivity index (χ0) is 12.3. The summed E-state index contributed by atoms with van der Waals surface area (Å²) in [6.45, 7) is 5.07. The number of thiophene rings is 1. The fourth-order valence-corrected chi connectivity index (χ4v) is 2.91. The van der Waals surface area contributed by atoms with E-state index >= 15 is 0 Å². The molecular weight excluding hydrogens is 252 g/mol. The van der Waals surface area contributed by atoms with Crippen molar-refractivity contribution in [1.29, 1.82) is 0 Å². The number of aryl methyl sites for hydroxylation is 1. The quantitative estimate of drug-likeness (QED) is 0.910. The minimum atomic E-state index is 0.136. The molecule has 0 fully saturated rings. The minimum absolute atomic E-state index is 0.136. The Morgan fingerprint density at radius 1 is 1.41 bits per heavy atom. The van der Waals surface area contributed by atoms with Crippen LogP contribution in [0.1, 0.15) is 29.1 Å². The summed E-state index contributed by atoms with van der Waals surface area (Å²) in [4.78, 5) is 5.65. The van der Waals surface area contributed by atoms with E-state index in [0.717, 1.165) is 16.6 Å². The van der Waals surface area contributed by atoms with Crippen LogP contribution in [0, 0.1) is 6.92 Å². The third-order valence-electron chi connectivity index (χ3n) is 2.52. The van der Waals surface area contributed by atoms with Crippen LogP contribution in [0.3, 0.4) is 0 Å². The van der Waals surface area contributed by atoms with Gasteiger partial charge in [-0.25, -0.2) is 0 Å². The van der Waals surface area contributed by atoms with Crippen molar-refractivity contribution in [3.8, 4) is 0 Å². The average molecular weight is 267 g/mol. The van der Waals surface area contributed by atoms with E-state index in [0.29, 0.717) is 0 Å². The van der Waals surface area contributed by atoms with Gasteiger partial charge in [0.15, 0.2) is 0 Å². The average Bonchev–Trinajstić information content (AvgIpc) is 2.72. The van der Waals surface area contributed by atoms with Crippen LogP contribution in [-0.4, -0.2) is 11.5 Å². The molecule has 17 heavy (non-hydrogen) atoms. The molecular formula is C13H15ClN2S. The minimum Gasteiger partial charge on any atom is -0.305 e. The third kappa shape index (κ3) is 3.06. The molecule has 0 aromatic carbocycles. The normalized spacial score (nSPS) is 12.6. The van der Waals surface area contributed by atoms with E-state index in [1.165, 1.54) is 10.4 Å². The molecule has 1 atom stereocenters. The maximum atomic E-state index is 5.99. The van der Waals surface area contributed by atoms with Crippen LogP contribution < -0.4 is 5.32 Å². The Kier molecular flexibility index (Phi) is 4.15. The molecule has 0 amide bonds. The summed E-state index contributed by atoms with van der Waals surface area (Å²) in [6, 6.07) is 8.25. The molecule has 0 aliphatic carbocycles. The first kappa shape index (κ1) is 12.6. The van der Waals surface area contributed by atoms with Crippen LogP contribution >= 0.6 is 22.9 Å². The van der Waals surface area contributed by atoms with Gasteiger partial charge in [0.2, 0.25) is 0 Å². The van der Waals surface area contributed by atoms with E-state index in [-0.39, 0.29) is 6.04 Å². The molecule has 2 nitrogen and oxygen atoms in total. The Hall–Kier alpha value is -0.900. The molecule has 2 aromatic heterocycles. The van der Waals surface area contributed by atoms with Gasteiger partial charge >= 0.3 is 0 Å². The molecule has 90 valence electrons. The van der Waals surface area contributed by atoms with E-state index in [1.54, 1.807) is 11.3 Å². The van der Waals surface area contributed by atoms with Gasteiger partial charge in [0, 0.05) is 11.1 Å². The van der Waals surface area contributed by atoms with E-state index in [1.807, 2.05) is 18.3 Å². The molecule has 0 aliphatic heterocycles. The second-order valence-electron chi connectivity index (χ2n) is 3.89. The SMILES string of the molecule is CCNC(c1cc(C)ccn1)c1ccc(Cl)s1. The van der Waals surface area contributed by atoms with Crippen molar-refractivity contribution >= 4 is 22.9 Å². The van der Waals surface area contributed by atoms with Crippen LogP contribution in [0.2, 0.25) is 4.34 Å². The second kappa shape index (κ2) is 5.63. The summed E-state index contributed by atoms with van der Waals surface area (Å²) in [6.07, 6.45) is 1.85. The molecule has 2 heterocycles. The maximum Gasteiger partial charge on any atom is 0.0931 e. The largest absolute Gasteiger partial charge is 0.305 e. The van der Waals surface area contributed by atoms with Gasteiger partial charge in [-0.3, -0.25) is 4.98 Å². The second-order valence-corrected chi connectivity index (χ2v) is 5.64.